The van der Waals surface area contributed by atoms with Crippen LogP contribution in [0.5, 0.6) is 0 Å². The zero-order chi connectivity index (χ0) is 17.0. The molecular formula is C19H28N2O2. The number of nitrogens with zero attached hydrogens (tertiary/aromatic N) is 2. The SMILES string of the molecule is CC(C)C(=O)N1CCC(C(=O)N(C)C(C)c2ccccc2)CC1. The molecule has 4 nitrogen and oxygen atoms in total. The number of likely N-dealkylation sites (tertiary alicyclic amines) is 1. The van der Waals surface area contributed by atoms with Crippen LogP contribution in [0.4, 0.5) is 0 Å². The highest BCUT2D eigenvalue weighted by atomic mass is 16.2. The Morgan fingerprint density at radius 2 is 1.65 bits per heavy atom. The predicted molar refractivity (Wildman–Crippen MR) is 91.8 cm³/mol. The summed E-state index contributed by atoms with van der Waals surface area (Å²) in [7, 11) is 1.88. The van der Waals surface area contributed by atoms with E-state index in [0.717, 1.165) is 18.4 Å². The zero-order valence-electron chi connectivity index (χ0n) is 14.7. The highest BCUT2D eigenvalue weighted by molar-refractivity contribution is 5.81. The van der Waals surface area contributed by atoms with Crippen LogP contribution in [-0.4, -0.2) is 41.8 Å². The summed E-state index contributed by atoms with van der Waals surface area (Å²) in [5.41, 5.74) is 1.15. The number of piperidine rings is 1. The average molecular weight is 316 g/mol. The molecule has 2 amide bonds. The lowest BCUT2D eigenvalue weighted by molar-refractivity contribution is -0.142. The number of carbonyl (C=O) groups is 2. The molecule has 1 saturated heterocycles. The normalized spacial score (nSPS) is 17.2. The zero-order valence-corrected chi connectivity index (χ0v) is 14.7. The summed E-state index contributed by atoms with van der Waals surface area (Å²) < 4.78 is 0. The summed E-state index contributed by atoms with van der Waals surface area (Å²) in [6.07, 6.45) is 1.53. The molecule has 1 aromatic carbocycles. The van der Waals surface area contributed by atoms with Crippen LogP contribution in [0.1, 0.15) is 45.2 Å². The molecule has 1 unspecified atom stereocenters. The maximum absolute atomic E-state index is 12.7. The average Bonchev–Trinajstić information content (AvgIpc) is 2.60. The van der Waals surface area contributed by atoms with Crippen molar-refractivity contribution < 1.29 is 9.59 Å². The van der Waals surface area contributed by atoms with E-state index in [0.29, 0.717) is 13.1 Å². The van der Waals surface area contributed by atoms with Gasteiger partial charge >= 0.3 is 0 Å². The van der Waals surface area contributed by atoms with Crippen molar-refractivity contribution in [3.05, 3.63) is 35.9 Å². The third-order valence-corrected chi connectivity index (χ3v) is 4.86. The third kappa shape index (κ3) is 4.12. The first-order chi connectivity index (χ1) is 10.9. The smallest absolute Gasteiger partial charge is 0.226 e. The van der Waals surface area contributed by atoms with Crippen molar-refractivity contribution in [3.63, 3.8) is 0 Å². The molecule has 0 bridgehead atoms. The van der Waals surface area contributed by atoms with E-state index < -0.39 is 0 Å². The molecule has 2 rings (SSSR count). The van der Waals surface area contributed by atoms with Crippen LogP contribution in [-0.2, 0) is 9.59 Å². The van der Waals surface area contributed by atoms with Crippen LogP contribution in [0.25, 0.3) is 0 Å². The summed E-state index contributed by atoms with van der Waals surface area (Å²) in [5, 5.41) is 0. The minimum Gasteiger partial charge on any atom is -0.342 e. The Labute approximate surface area is 139 Å². The van der Waals surface area contributed by atoms with Crippen molar-refractivity contribution in [2.24, 2.45) is 11.8 Å². The van der Waals surface area contributed by atoms with Crippen molar-refractivity contribution >= 4 is 11.8 Å². The summed E-state index contributed by atoms with van der Waals surface area (Å²) in [4.78, 5) is 28.5. The summed E-state index contributed by atoms with van der Waals surface area (Å²) in [6.45, 7) is 7.30. The molecule has 1 heterocycles. The predicted octanol–water partition coefficient (Wildman–Crippen LogP) is 3.10. The summed E-state index contributed by atoms with van der Waals surface area (Å²) in [5.74, 6) is 0.449. The van der Waals surface area contributed by atoms with E-state index in [9.17, 15) is 9.59 Å². The number of hydrogen-bond donors (Lipinski definition) is 0. The Bertz CT molecular complexity index is 534. The molecule has 1 aromatic rings. The van der Waals surface area contributed by atoms with Gasteiger partial charge < -0.3 is 9.80 Å². The first-order valence-electron chi connectivity index (χ1n) is 8.52. The Morgan fingerprint density at radius 1 is 1.09 bits per heavy atom. The van der Waals surface area contributed by atoms with Crippen LogP contribution < -0.4 is 0 Å². The fraction of sp³-hybridized carbons (Fsp3) is 0.579. The molecule has 23 heavy (non-hydrogen) atoms. The van der Waals surface area contributed by atoms with Gasteiger partial charge in [-0.1, -0.05) is 44.2 Å². The molecule has 1 fully saturated rings. The van der Waals surface area contributed by atoms with E-state index in [-0.39, 0.29) is 29.7 Å². The van der Waals surface area contributed by atoms with Crippen molar-refractivity contribution in [1.29, 1.82) is 0 Å². The quantitative estimate of drug-likeness (QED) is 0.856. The maximum Gasteiger partial charge on any atom is 0.226 e. The number of amides is 2. The monoisotopic (exact) mass is 316 g/mol. The van der Waals surface area contributed by atoms with E-state index >= 15 is 0 Å². The van der Waals surface area contributed by atoms with E-state index in [4.69, 9.17) is 0 Å². The topological polar surface area (TPSA) is 40.6 Å². The standard InChI is InChI=1S/C19H28N2O2/c1-14(2)18(22)21-12-10-17(11-13-21)19(23)20(4)15(3)16-8-6-5-7-9-16/h5-9,14-15,17H,10-13H2,1-4H3. The third-order valence-electron chi connectivity index (χ3n) is 4.86. The van der Waals surface area contributed by atoms with E-state index in [1.165, 1.54) is 0 Å². The highest BCUT2D eigenvalue weighted by Crippen LogP contribution is 2.25. The van der Waals surface area contributed by atoms with Gasteiger partial charge in [-0.2, -0.15) is 0 Å². The number of rotatable bonds is 4. The summed E-state index contributed by atoms with van der Waals surface area (Å²) in [6, 6.07) is 10.2. The van der Waals surface area contributed by atoms with Crippen molar-refractivity contribution in [2.45, 2.75) is 39.7 Å². The fourth-order valence-electron chi connectivity index (χ4n) is 3.15. The van der Waals surface area contributed by atoms with Gasteiger partial charge in [0.15, 0.2) is 0 Å². The minimum atomic E-state index is 0.0300. The molecule has 0 saturated carbocycles. The number of hydrogen-bond acceptors (Lipinski definition) is 2. The van der Waals surface area contributed by atoms with Gasteiger partial charge in [-0.05, 0) is 25.3 Å². The van der Waals surface area contributed by atoms with Gasteiger partial charge in [-0.3, -0.25) is 9.59 Å². The Balaban J connectivity index is 1.93. The lowest BCUT2D eigenvalue weighted by Gasteiger charge is -2.35. The van der Waals surface area contributed by atoms with Gasteiger partial charge in [-0.25, -0.2) is 0 Å². The van der Waals surface area contributed by atoms with Crippen molar-refractivity contribution in [1.82, 2.24) is 9.80 Å². The van der Waals surface area contributed by atoms with Crippen molar-refractivity contribution in [2.75, 3.05) is 20.1 Å². The van der Waals surface area contributed by atoms with E-state index in [2.05, 4.69) is 19.1 Å². The van der Waals surface area contributed by atoms with Crippen LogP contribution >= 0.6 is 0 Å². The lowest BCUT2D eigenvalue weighted by Crippen LogP contribution is -2.45. The fourth-order valence-corrected chi connectivity index (χ4v) is 3.15. The molecule has 1 aliphatic rings. The van der Waals surface area contributed by atoms with Gasteiger partial charge in [0.2, 0.25) is 11.8 Å². The van der Waals surface area contributed by atoms with Gasteiger partial charge in [0.25, 0.3) is 0 Å². The Kier molecular flexibility index (Phi) is 5.80. The minimum absolute atomic E-state index is 0.0300. The van der Waals surface area contributed by atoms with E-state index in [1.807, 2.05) is 48.9 Å². The largest absolute Gasteiger partial charge is 0.342 e. The van der Waals surface area contributed by atoms with Crippen LogP contribution in [0.2, 0.25) is 0 Å². The Morgan fingerprint density at radius 3 is 2.17 bits per heavy atom. The Hall–Kier alpha value is -1.84. The molecule has 0 aromatic heterocycles. The molecule has 1 atom stereocenters. The van der Waals surface area contributed by atoms with Gasteiger partial charge in [0.1, 0.15) is 0 Å². The van der Waals surface area contributed by atoms with Crippen molar-refractivity contribution in [3.8, 4) is 0 Å². The maximum atomic E-state index is 12.7. The molecule has 1 aliphatic heterocycles. The number of carbonyl (C=O) groups excluding carboxylic acids is 2. The molecule has 0 aliphatic carbocycles. The molecule has 4 heteroatoms. The molecule has 0 radical (unpaired) electrons. The second-order valence-electron chi connectivity index (χ2n) is 6.79. The van der Waals surface area contributed by atoms with Gasteiger partial charge in [0, 0.05) is 32.0 Å². The molecular weight excluding hydrogens is 288 g/mol. The van der Waals surface area contributed by atoms with Gasteiger partial charge in [-0.15, -0.1) is 0 Å². The first kappa shape index (κ1) is 17.5. The molecule has 126 valence electrons. The highest BCUT2D eigenvalue weighted by Gasteiger charge is 2.31. The van der Waals surface area contributed by atoms with E-state index in [1.54, 1.807) is 0 Å². The molecule has 0 spiro atoms. The second-order valence-corrected chi connectivity index (χ2v) is 6.79. The summed E-state index contributed by atoms with van der Waals surface area (Å²) >= 11 is 0. The lowest BCUT2D eigenvalue weighted by atomic mass is 9.93. The first-order valence-corrected chi connectivity index (χ1v) is 8.52. The van der Waals surface area contributed by atoms with Crippen LogP contribution in [0.3, 0.4) is 0 Å². The van der Waals surface area contributed by atoms with Crippen LogP contribution in [0.15, 0.2) is 30.3 Å². The second kappa shape index (κ2) is 7.62. The van der Waals surface area contributed by atoms with Crippen LogP contribution in [0, 0.1) is 11.8 Å². The molecule has 0 N–H and O–H groups in total. The number of benzene rings is 1. The van der Waals surface area contributed by atoms with Gasteiger partial charge in [0.05, 0.1) is 6.04 Å².